The molecule has 5 heteroatoms. The number of aliphatic hydroxyl groups is 1. The fourth-order valence-corrected chi connectivity index (χ4v) is 2.44. The number of nitrogens with zero attached hydrogens (tertiary/aromatic N) is 1. The van der Waals surface area contributed by atoms with E-state index in [1.807, 2.05) is 0 Å². The highest BCUT2D eigenvalue weighted by atomic mass is 35.5. The molecule has 1 aliphatic heterocycles. The van der Waals surface area contributed by atoms with Gasteiger partial charge in [0.15, 0.2) is 0 Å². The topological polar surface area (TPSA) is 40.5 Å². The SMILES string of the molecule is O=C(C=Cc1cccc(Cl)c1Cl)N1CCCC(O)C1. The summed E-state index contributed by atoms with van der Waals surface area (Å²) in [7, 11) is 0. The van der Waals surface area contributed by atoms with E-state index in [1.165, 1.54) is 6.08 Å². The van der Waals surface area contributed by atoms with Crippen LogP contribution in [0.1, 0.15) is 18.4 Å². The summed E-state index contributed by atoms with van der Waals surface area (Å²) in [5, 5.41) is 10.4. The highest BCUT2D eigenvalue weighted by Gasteiger charge is 2.20. The van der Waals surface area contributed by atoms with Crippen molar-refractivity contribution in [3.05, 3.63) is 39.9 Å². The summed E-state index contributed by atoms with van der Waals surface area (Å²) in [5.74, 6) is -0.116. The van der Waals surface area contributed by atoms with E-state index < -0.39 is 6.10 Å². The summed E-state index contributed by atoms with van der Waals surface area (Å²) < 4.78 is 0. The van der Waals surface area contributed by atoms with Gasteiger partial charge in [0.05, 0.1) is 16.1 Å². The van der Waals surface area contributed by atoms with Crippen molar-refractivity contribution in [3.63, 3.8) is 0 Å². The average Bonchev–Trinajstić information content (AvgIpc) is 2.40. The first-order chi connectivity index (χ1) is 9.08. The first-order valence-corrected chi connectivity index (χ1v) is 6.92. The second-order valence-electron chi connectivity index (χ2n) is 4.56. The van der Waals surface area contributed by atoms with Gasteiger partial charge in [-0.25, -0.2) is 0 Å². The molecule has 0 bridgehead atoms. The second-order valence-corrected chi connectivity index (χ2v) is 5.34. The number of amides is 1. The Bertz CT molecular complexity index is 502. The third kappa shape index (κ3) is 3.72. The van der Waals surface area contributed by atoms with E-state index in [4.69, 9.17) is 23.2 Å². The Morgan fingerprint density at radius 2 is 2.21 bits per heavy atom. The van der Waals surface area contributed by atoms with Gasteiger partial charge >= 0.3 is 0 Å². The Morgan fingerprint density at radius 3 is 2.95 bits per heavy atom. The Morgan fingerprint density at radius 1 is 1.42 bits per heavy atom. The maximum Gasteiger partial charge on any atom is 0.246 e. The van der Waals surface area contributed by atoms with Gasteiger partial charge in [-0.3, -0.25) is 4.79 Å². The zero-order chi connectivity index (χ0) is 13.8. The normalized spacial score (nSPS) is 19.9. The molecule has 1 heterocycles. The molecule has 102 valence electrons. The molecule has 1 amide bonds. The molecule has 3 nitrogen and oxygen atoms in total. The highest BCUT2D eigenvalue weighted by molar-refractivity contribution is 6.42. The Labute approximate surface area is 122 Å². The molecule has 1 aromatic carbocycles. The van der Waals surface area contributed by atoms with E-state index in [0.29, 0.717) is 28.7 Å². The van der Waals surface area contributed by atoms with E-state index in [9.17, 15) is 9.90 Å². The van der Waals surface area contributed by atoms with Crippen molar-refractivity contribution in [3.8, 4) is 0 Å². The van der Waals surface area contributed by atoms with E-state index in [1.54, 1.807) is 29.2 Å². The van der Waals surface area contributed by atoms with Gasteiger partial charge in [0, 0.05) is 19.2 Å². The molecule has 2 rings (SSSR count). The Kier molecular flexibility index (Phi) is 4.86. The number of halogens is 2. The number of benzene rings is 1. The van der Waals surface area contributed by atoms with Gasteiger partial charge in [0.25, 0.3) is 0 Å². The minimum Gasteiger partial charge on any atom is -0.391 e. The number of hydrogen-bond donors (Lipinski definition) is 1. The zero-order valence-corrected chi connectivity index (χ0v) is 11.9. The maximum absolute atomic E-state index is 12.0. The van der Waals surface area contributed by atoms with Crippen molar-refractivity contribution in [2.45, 2.75) is 18.9 Å². The second kappa shape index (κ2) is 6.42. The highest BCUT2D eigenvalue weighted by Crippen LogP contribution is 2.26. The molecule has 1 atom stereocenters. The molecule has 1 N–H and O–H groups in total. The molecule has 1 aliphatic rings. The third-order valence-electron chi connectivity index (χ3n) is 3.10. The van der Waals surface area contributed by atoms with Gasteiger partial charge in [-0.15, -0.1) is 0 Å². The molecule has 0 aliphatic carbocycles. The summed E-state index contributed by atoms with van der Waals surface area (Å²) >= 11 is 11.9. The lowest BCUT2D eigenvalue weighted by atomic mass is 10.1. The summed E-state index contributed by atoms with van der Waals surface area (Å²) in [6.07, 6.45) is 4.29. The number of rotatable bonds is 2. The summed E-state index contributed by atoms with van der Waals surface area (Å²) in [6, 6.07) is 5.27. The molecule has 1 aromatic rings. The zero-order valence-electron chi connectivity index (χ0n) is 10.4. The quantitative estimate of drug-likeness (QED) is 0.853. The molecular formula is C14H15Cl2NO2. The van der Waals surface area contributed by atoms with Crippen LogP contribution in [0.15, 0.2) is 24.3 Å². The number of likely N-dealkylation sites (tertiary alicyclic amines) is 1. The van der Waals surface area contributed by atoms with Crippen molar-refractivity contribution in [1.82, 2.24) is 4.90 Å². The molecule has 19 heavy (non-hydrogen) atoms. The number of carbonyl (C=O) groups excluding carboxylic acids is 1. The molecule has 1 fully saturated rings. The van der Waals surface area contributed by atoms with Crippen LogP contribution in [-0.2, 0) is 4.79 Å². The summed E-state index contributed by atoms with van der Waals surface area (Å²) in [6.45, 7) is 1.08. The summed E-state index contributed by atoms with van der Waals surface area (Å²) in [5.41, 5.74) is 0.708. The number of aliphatic hydroxyl groups excluding tert-OH is 1. The summed E-state index contributed by atoms with van der Waals surface area (Å²) in [4.78, 5) is 13.6. The molecular weight excluding hydrogens is 285 g/mol. The van der Waals surface area contributed by atoms with Crippen LogP contribution >= 0.6 is 23.2 Å². The largest absolute Gasteiger partial charge is 0.391 e. The lowest BCUT2D eigenvalue weighted by Gasteiger charge is -2.29. The number of carbonyl (C=O) groups is 1. The number of β-amino-alcohol motifs (C(OH)–C–C–N with tert-alkyl or cyclic N) is 1. The van der Waals surface area contributed by atoms with Gasteiger partial charge in [0.1, 0.15) is 0 Å². The van der Waals surface area contributed by atoms with E-state index in [0.717, 1.165) is 12.8 Å². The van der Waals surface area contributed by atoms with E-state index in [-0.39, 0.29) is 5.91 Å². The third-order valence-corrected chi connectivity index (χ3v) is 3.93. The van der Waals surface area contributed by atoms with Gasteiger partial charge < -0.3 is 10.0 Å². The molecule has 1 saturated heterocycles. The molecule has 0 aromatic heterocycles. The maximum atomic E-state index is 12.0. The van der Waals surface area contributed by atoms with Crippen LogP contribution in [-0.4, -0.2) is 35.1 Å². The van der Waals surface area contributed by atoms with Crippen molar-refractivity contribution < 1.29 is 9.90 Å². The van der Waals surface area contributed by atoms with Crippen LogP contribution < -0.4 is 0 Å². The standard InChI is InChI=1S/C14H15Cl2NO2/c15-12-5-1-3-10(14(12)16)6-7-13(19)17-8-2-4-11(18)9-17/h1,3,5-7,11,18H,2,4,8-9H2. The monoisotopic (exact) mass is 299 g/mol. The predicted molar refractivity (Wildman–Crippen MR) is 77.3 cm³/mol. The van der Waals surface area contributed by atoms with Crippen molar-refractivity contribution in [2.24, 2.45) is 0 Å². The first-order valence-electron chi connectivity index (χ1n) is 6.17. The molecule has 0 spiro atoms. The fourth-order valence-electron chi connectivity index (χ4n) is 2.07. The Hall–Kier alpha value is -1.03. The average molecular weight is 300 g/mol. The first kappa shape index (κ1) is 14.4. The Balaban J connectivity index is 2.05. The van der Waals surface area contributed by atoms with Crippen LogP contribution in [0.2, 0.25) is 10.0 Å². The van der Waals surface area contributed by atoms with Crippen molar-refractivity contribution >= 4 is 35.2 Å². The lowest BCUT2D eigenvalue weighted by molar-refractivity contribution is -0.128. The molecule has 1 unspecified atom stereocenters. The van der Waals surface area contributed by atoms with E-state index in [2.05, 4.69) is 0 Å². The van der Waals surface area contributed by atoms with Crippen molar-refractivity contribution in [1.29, 1.82) is 0 Å². The predicted octanol–water partition coefficient (Wildman–Crippen LogP) is 2.99. The van der Waals surface area contributed by atoms with Gasteiger partial charge in [-0.1, -0.05) is 35.3 Å². The lowest BCUT2D eigenvalue weighted by Crippen LogP contribution is -2.41. The van der Waals surface area contributed by atoms with Crippen LogP contribution in [0.25, 0.3) is 6.08 Å². The minimum absolute atomic E-state index is 0.116. The fraction of sp³-hybridized carbons (Fsp3) is 0.357. The van der Waals surface area contributed by atoms with Crippen molar-refractivity contribution in [2.75, 3.05) is 13.1 Å². The van der Waals surface area contributed by atoms with Gasteiger partial charge in [-0.05, 0) is 30.5 Å². The molecule has 0 saturated carbocycles. The molecule has 0 radical (unpaired) electrons. The van der Waals surface area contributed by atoms with Gasteiger partial charge in [0.2, 0.25) is 5.91 Å². The van der Waals surface area contributed by atoms with Crippen LogP contribution in [0.4, 0.5) is 0 Å². The van der Waals surface area contributed by atoms with E-state index >= 15 is 0 Å². The van der Waals surface area contributed by atoms with Gasteiger partial charge in [-0.2, -0.15) is 0 Å². The minimum atomic E-state index is -0.416. The van der Waals surface area contributed by atoms with Crippen LogP contribution in [0.5, 0.6) is 0 Å². The smallest absolute Gasteiger partial charge is 0.246 e. The number of piperidine rings is 1. The van der Waals surface area contributed by atoms with Crippen LogP contribution in [0.3, 0.4) is 0 Å². The number of hydrogen-bond acceptors (Lipinski definition) is 2. The van der Waals surface area contributed by atoms with Crippen LogP contribution in [0, 0.1) is 0 Å².